The van der Waals surface area contributed by atoms with Crippen molar-refractivity contribution < 1.29 is 13.9 Å². The average Bonchev–Trinajstić information content (AvgIpc) is 3.27. The number of methoxy groups -OCH3 is 1. The first kappa shape index (κ1) is 19.6. The van der Waals surface area contributed by atoms with Gasteiger partial charge in [0.05, 0.1) is 30.0 Å². The summed E-state index contributed by atoms with van der Waals surface area (Å²) in [6, 6.07) is 17.4. The average molecular weight is 401 g/mol. The summed E-state index contributed by atoms with van der Waals surface area (Å²) in [4.78, 5) is 23.7. The van der Waals surface area contributed by atoms with Gasteiger partial charge in [0.2, 0.25) is 0 Å². The van der Waals surface area contributed by atoms with E-state index < -0.39 is 5.97 Å². The number of ether oxygens (including phenoxy) is 1. The van der Waals surface area contributed by atoms with Crippen LogP contribution in [-0.4, -0.2) is 36.1 Å². The lowest BCUT2D eigenvalue weighted by atomic mass is 10.0. The van der Waals surface area contributed by atoms with Crippen LogP contribution in [0.4, 0.5) is 5.82 Å². The number of rotatable bonds is 5. The Hall–Kier alpha value is -3.67. The van der Waals surface area contributed by atoms with Crippen molar-refractivity contribution in [2.45, 2.75) is 19.9 Å². The zero-order valence-electron chi connectivity index (χ0n) is 17.4. The van der Waals surface area contributed by atoms with Crippen molar-refractivity contribution in [2.75, 3.05) is 19.1 Å². The third-order valence-corrected chi connectivity index (χ3v) is 5.14. The maximum Gasteiger partial charge on any atom is 0.337 e. The summed E-state index contributed by atoms with van der Waals surface area (Å²) in [6.45, 7) is 4.17. The second-order valence-electron chi connectivity index (χ2n) is 7.32. The highest BCUT2D eigenvalue weighted by atomic mass is 16.5. The Labute approximate surface area is 175 Å². The molecule has 0 spiro atoms. The zero-order valence-corrected chi connectivity index (χ0v) is 17.4. The van der Waals surface area contributed by atoms with Crippen molar-refractivity contribution in [1.82, 2.24) is 9.97 Å². The van der Waals surface area contributed by atoms with E-state index in [0.717, 1.165) is 11.1 Å². The number of benzene rings is 2. The van der Waals surface area contributed by atoms with E-state index in [1.54, 1.807) is 24.5 Å². The molecule has 6 nitrogen and oxygen atoms in total. The number of anilines is 1. The largest absolute Gasteiger partial charge is 0.465 e. The molecule has 0 fully saturated rings. The van der Waals surface area contributed by atoms with Gasteiger partial charge in [0.1, 0.15) is 5.69 Å². The molecule has 0 aliphatic heterocycles. The first-order valence-corrected chi connectivity index (χ1v) is 9.76. The van der Waals surface area contributed by atoms with Crippen molar-refractivity contribution >= 4 is 22.8 Å². The molecule has 0 bridgehead atoms. The highest BCUT2D eigenvalue weighted by Gasteiger charge is 2.22. The number of furan rings is 1. The molecule has 2 heterocycles. The van der Waals surface area contributed by atoms with E-state index in [1.807, 2.05) is 48.3 Å². The summed E-state index contributed by atoms with van der Waals surface area (Å²) in [6.07, 6.45) is 1.67. The molecule has 2 aromatic carbocycles. The van der Waals surface area contributed by atoms with E-state index in [0.29, 0.717) is 33.9 Å². The summed E-state index contributed by atoms with van der Waals surface area (Å²) < 4.78 is 10.7. The standard InChI is InChI=1S/C24H23N3O3/c1-15(2)27(3)23-21(22-18(12-13-30-22)16-8-6-5-7-9-16)25-19-11-10-17(24(28)29-4)14-20(19)26-23/h5-15H,1-4H3. The second kappa shape index (κ2) is 7.99. The zero-order chi connectivity index (χ0) is 21.3. The number of fused-ring (bicyclic) bond motifs is 1. The molecule has 6 heteroatoms. The van der Waals surface area contributed by atoms with Gasteiger partial charge in [0, 0.05) is 18.7 Å². The molecule has 2 aromatic heterocycles. The van der Waals surface area contributed by atoms with Crippen molar-refractivity contribution in [3.63, 3.8) is 0 Å². The fraction of sp³-hybridized carbons (Fsp3) is 0.208. The lowest BCUT2D eigenvalue weighted by Gasteiger charge is -2.24. The Balaban J connectivity index is 1.94. The monoisotopic (exact) mass is 401 g/mol. The fourth-order valence-corrected chi connectivity index (χ4v) is 3.27. The van der Waals surface area contributed by atoms with Crippen molar-refractivity contribution in [1.29, 1.82) is 0 Å². The first-order chi connectivity index (χ1) is 14.5. The molecule has 0 unspecified atom stereocenters. The predicted octanol–water partition coefficient (Wildman–Crippen LogP) is 5.19. The molecular formula is C24H23N3O3. The highest BCUT2D eigenvalue weighted by molar-refractivity contribution is 5.95. The molecule has 0 aliphatic carbocycles. The Bertz CT molecular complexity index is 1200. The van der Waals surface area contributed by atoms with E-state index in [-0.39, 0.29) is 6.04 Å². The lowest BCUT2D eigenvalue weighted by Crippen LogP contribution is -2.27. The van der Waals surface area contributed by atoms with Crippen molar-refractivity contribution in [3.8, 4) is 22.6 Å². The third kappa shape index (κ3) is 3.52. The van der Waals surface area contributed by atoms with Crippen LogP contribution in [0.1, 0.15) is 24.2 Å². The molecular weight excluding hydrogens is 378 g/mol. The third-order valence-electron chi connectivity index (χ3n) is 5.14. The van der Waals surface area contributed by atoms with Crippen LogP contribution in [0, 0.1) is 0 Å². The molecule has 30 heavy (non-hydrogen) atoms. The van der Waals surface area contributed by atoms with Crippen LogP contribution in [0.5, 0.6) is 0 Å². The van der Waals surface area contributed by atoms with Gasteiger partial charge < -0.3 is 14.1 Å². The Morgan fingerprint density at radius 2 is 1.80 bits per heavy atom. The minimum atomic E-state index is -0.404. The predicted molar refractivity (Wildman–Crippen MR) is 118 cm³/mol. The van der Waals surface area contributed by atoms with Gasteiger partial charge in [-0.3, -0.25) is 0 Å². The minimum absolute atomic E-state index is 0.189. The van der Waals surface area contributed by atoms with E-state index >= 15 is 0 Å². The van der Waals surface area contributed by atoms with E-state index in [1.165, 1.54) is 7.11 Å². The summed E-state index contributed by atoms with van der Waals surface area (Å²) in [7, 11) is 3.33. The molecule has 0 N–H and O–H groups in total. The normalized spacial score (nSPS) is 11.1. The van der Waals surface area contributed by atoms with Crippen LogP contribution >= 0.6 is 0 Å². The molecule has 0 atom stereocenters. The first-order valence-electron chi connectivity index (χ1n) is 9.76. The summed E-state index contributed by atoms with van der Waals surface area (Å²) in [5.41, 5.74) is 4.39. The number of esters is 1. The van der Waals surface area contributed by atoms with Gasteiger partial charge in [-0.2, -0.15) is 0 Å². The molecule has 0 aliphatic rings. The maximum atomic E-state index is 11.9. The maximum absolute atomic E-state index is 11.9. The highest BCUT2D eigenvalue weighted by Crippen LogP contribution is 2.37. The van der Waals surface area contributed by atoms with Gasteiger partial charge in [-0.1, -0.05) is 30.3 Å². The van der Waals surface area contributed by atoms with Crippen LogP contribution in [-0.2, 0) is 4.74 Å². The van der Waals surface area contributed by atoms with Crippen LogP contribution < -0.4 is 4.90 Å². The Morgan fingerprint density at radius 3 is 2.50 bits per heavy atom. The Morgan fingerprint density at radius 1 is 1.03 bits per heavy atom. The van der Waals surface area contributed by atoms with Crippen LogP contribution in [0.15, 0.2) is 65.3 Å². The van der Waals surface area contributed by atoms with E-state index in [4.69, 9.17) is 19.1 Å². The molecule has 0 saturated heterocycles. The molecule has 152 valence electrons. The van der Waals surface area contributed by atoms with E-state index in [9.17, 15) is 4.79 Å². The number of hydrogen-bond donors (Lipinski definition) is 0. The number of carbonyl (C=O) groups is 1. The summed E-state index contributed by atoms with van der Waals surface area (Å²) in [5, 5.41) is 0. The van der Waals surface area contributed by atoms with Gasteiger partial charge in [-0.25, -0.2) is 14.8 Å². The summed E-state index contributed by atoms with van der Waals surface area (Å²) >= 11 is 0. The Kier molecular flexibility index (Phi) is 5.23. The topological polar surface area (TPSA) is 68.5 Å². The number of carbonyl (C=O) groups excluding carboxylic acids is 1. The minimum Gasteiger partial charge on any atom is -0.465 e. The van der Waals surface area contributed by atoms with Gasteiger partial charge in [0.15, 0.2) is 11.6 Å². The van der Waals surface area contributed by atoms with Crippen molar-refractivity contribution in [2.24, 2.45) is 0 Å². The van der Waals surface area contributed by atoms with Gasteiger partial charge in [-0.05, 0) is 43.7 Å². The molecule has 4 aromatic rings. The quantitative estimate of drug-likeness (QED) is 0.429. The van der Waals surface area contributed by atoms with Gasteiger partial charge >= 0.3 is 5.97 Å². The van der Waals surface area contributed by atoms with Crippen molar-refractivity contribution in [3.05, 3.63) is 66.4 Å². The molecule has 0 amide bonds. The number of hydrogen-bond acceptors (Lipinski definition) is 6. The summed E-state index contributed by atoms with van der Waals surface area (Å²) in [5.74, 6) is 0.945. The van der Waals surface area contributed by atoms with Crippen LogP contribution in [0.2, 0.25) is 0 Å². The SMILES string of the molecule is COC(=O)c1ccc2nc(-c3occc3-c3ccccc3)c(N(C)C(C)C)nc2c1. The van der Waals surface area contributed by atoms with Crippen LogP contribution in [0.25, 0.3) is 33.6 Å². The number of aromatic nitrogens is 2. The molecule has 4 rings (SSSR count). The van der Waals surface area contributed by atoms with Crippen LogP contribution in [0.3, 0.4) is 0 Å². The number of nitrogens with zero attached hydrogens (tertiary/aromatic N) is 3. The lowest BCUT2D eigenvalue weighted by molar-refractivity contribution is 0.0601. The van der Waals surface area contributed by atoms with Gasteiger partial charge in [-0.15, -0.1) is 0 Å². The second-order valence-corrected chi connectivity index (χ2v) is 7.32. The fourth-order valence-electron chi connectivity index (χ4n) is 3.27. The molecule has 0 saturated carbocycles. The van der Waals surface area contributed by atoms with Gasteiger partial charge in [0.25, 0.3) is 0 Å². The smallest absolute Gasteiger partial charge is 0.337 e. The van der Waals surface area contributed by atoms with E-state index in [2.05, 4.69) is 13.8 Å². The molecule has 0 radical (unpaired) electrons.